The zero-order valence-corrected chi connectivity index (χ0v) is 14.9. The minimum Gasteiger partial charge on any atom is -0.363 e. The Bertz CT molecular complexity index is 1020. The monoisotopic (exact) mass is 343 g/mol. The number of aromatic nitrogens is 4. The van der Waals surface area contributed by atoms with Crippen LogP contribution in [0.3, 0.4) is 0 Å². The lowest BCUT2D eigenvalue weighted by Gasteiger charge is -2.13. The summed E-state index contributed by atoms with van der Waals surface area (Å²) < 4.78 is 0. The summed E-state index contributed by atoms with van der Waals surface area (Å²) in [6, 6.07) is 16.2. The van der Waals surface area contributed by atoms with Gasteiger partial charge in [0.05, 0.1) is 17.8 Å². The average molecular weight is 343 g/mol. The van der Waals surface area contributed by atoms with Crippen molar-refractivity contribution in [1.82, 2.24) is 19.9 Å². The number of nitrogens with zero attached hydrogens (tertiary/aromatic N) is 3. The maximum absolute atomic E-state index is 4.82. The van der Waals surface area contributed by atoms with Gasteiger partial charge in [-0.2, -0.15) is 0 Å². The number of fused-ring (bicyclic) bond motifs is 1. The maximum Gasteiger partial charge on any atom is 0.162 e. The van der Waals surface area contributed by atoms with Crippen LogP contribution in [0.15, 0.2) is 60.9 Å². The van der Waals surface area contributed by atoms with E-state index >= 15 is 0 Å². The molecule has 0 fully saturated rings. The van der Waals surface area contributed by atoms with E-state index in [2.05, 4.69) is 47.3 Å². The molecule has 0 bridgehead atoms. The highest BCUT2D eigenvalue weighted by atomic mass is 15.1. The normalized spacial score (nSPS) is 11.2. The second kappa shape index (κ2) is 6.96. The molecule has 5 nitrogen and oxygen atoms in total. The van der Waals surface area contributed by atoms with E-state index in [1.807, 2.05) is 36.5 Å². The molecule has 4 aromatic rings. The largest absolute Gasteiger partial charge is 0.363 e. The van der Waals surface area contributed by atoms with Crippen molar-refractivity contribution in [3.05, 3.63) is 72.2 Å². The third-order valence-electron chi connectivity index (χ3n) is 4.39. The van der Waals surface area contributed by atoms with Gasteiger partial charge in [-0.1, -0.05) is 44.2 Å². The Balaban J connectivity index is 1.76. The van der Waals surface area contributed by atoms with Gasteiger partial charge in [0, 0.05) is 18.0 Å². The third-order valence-corrected chi connectivity index (χ3v) is 4.39. The van der Waals surface area contributed by atoms with Gasteiger partial charge < -0.3 is 10.3 Å². The van der Waals surface area contributed by atoms with Crippen LogP contribution >= 0.6 is 0 Å². The summed E-state index contributed by atoms with van der Waals surface area (Å²) in [6.45, 7) is 4.99. The fourth-order valence-electron chi connectivity index (χ4n) is 3.07. The van der Waals surface area contributed by atoms with Crippen LogP contribution in [-0.2, 0) is 6.54 Å². The number of aromatic amines is 1. The number of nitrogens with one attached hydrogen (secondary N) is 2. The van der Waals surface area contributed by atoms with E-state index in [1.165, 1.54) is 5.56 Å². The molecule has 26 heavy (non-hydrogen) atoms. The molecule has 2 N–H and O–H groups in total. The van der Waals surface area contributed by atoms with Crippen LogP contribution in [0.4, 0.5) is 5.82 Å². The molecule has 4 rings (SSSR count). The van der Waals surface area contributed by atoms with Gasteiger partial charge in [0.15, 0.2) is 11.6 Å². The number of H-pyrrole nitrogens is 1. The van der Waals surface area contributed by atoms with Crippen LogP contribution in [0.25, 0.3) is 22.4 Å². The molecule has 3 heterocycles. The molecule has 0 aliphatic heterocycles. The highest BCUT2D eigenvalue weighted by Crippen LogP contribution is 2.29. The minimum atomic E-state index is 0.404. The average Bonchev–Trinajstić information content (AvgIpc) is 3.15. The SMILES string of the molecule is CC(C)c1ccccc1-c1nc(NCc2ccccn2)c2[nH]ccc2n1. The summed E-state index contributed by atoms with van der Waals surface area (Å²) in [7, 11) is 0. The van der Waals surface area contributed by atoms with Crippen molar-refractivity contribution in [1.29, 1.82) is 0 Å². The molecule has 0 amide bonds. The van der Waals surface area contributed by atoms with E-state index in [0.717, 1.165) is 33.9 Å². The van der Waals surface area contributed by atoms with E-state index in [-0.39, 0.29) is 0 Å². The summed E-state index contributed by atoms with van der Waals surface area (Å²) in [5.41, 5.74) is 5.10. The molecule has 1 aromatic carbocycles. The number of benzene rings is 1. The summed E-state index contributed by atoms with van der Waals surface area (Å²) >= 11 is 0. The molecule has 130 valence electrons. The first-order valence-electron chi connectivity index (χ1n) is 8.80. The van der Waals surface area contributed by atoms with Gasteiger partial charge in [-0.15, -0.1) is 0 Å². The Morgan fingerprint density at radius 3 is 2.65 bits per heavy atom. The molecule has 0 radical (unpaired) electrons. The first-order valence-corrected chi connectivity index (χ1v) is 8.80. The van der Waals surface area contributed by atoms with Gasteiger partial charge in [-0.05, 0) is 29.7 Å². The standard InChI is InChI=1S/C21H21N5/c1-14(2)16-8-3-4-9-17(16)20-25-18-10-12-23-19(18)21(26-20)24-13-15-7-5-6-11-22-15/h3-12,14,23H,13H2,1-2H3,(H,24,25,26). The molecule has 0 saturated carbocycles. The first-order chi connectivity index (χ1) is 12.7. The molecule has 0 atom stereocenters. The first kappa shape index (κ1) is 16.3. The van der Waals surface area contributed by atoms with Gasteiger partial charge in [-0.25, -0.2) is 9.97 Å². The van der Waals surface area contributed by atoms with Crippen LogP contribution in [0.1, 0.15) is 31.0 Å². The lowest BCUT2D eigenvalue weighted by Crippen LogP contribution is -2.06. The van der Waals surface area contributed by atoms with Crippen LogP contribution in [-0.4, -0.2) is 19.9 Å². The minimum absolute atomic E-state index is 0.404. The number of anilines is 1. The third kappa shape index (κ3) is 3.16. The zero-order chi connectivity index (χ0) is 17.9. The van der Waals surface area contributed by atoms with Crippen molar-refractivity contribution >= 4 is 16.9 Å². The van der Waals surface area contributed by atoms with Crippen molar-refractivity contribution < 1.29 is 0 Å². The fraction of sp³-hybridized carbons (Fsp3) is 0.190. The van der Waals surface area contributed by atoms with E-state index in [0.29, 0.717) is 12.5 Å². The Labute approximate surface area is 152 Å². The second-order valence-corrected chi connectivity index (χ2v) is 6.55. The zero-order valence-electron chi connectivity index (χ0n) is 14.9. The molecule has 0 saturated heterocycles. The molecular weight excluding hydrogens is 322 g/mol. The van der Waals surface area contributed by atoms with E-state index in [9.17, 15) is 0 Å². The highest BCUT2D eigenvalue weighted by Gasteiger charge is 2.14. The van der Waals surface area contributed by atoms with Gasteiger partial charge in [0.1, 0.15) is 5.52 Å². The number of hydrogen-bond donors (Lipinski definition) is 2. The van der Waals surface area contributed by atoms with Gasteiger partial charge in [0.25, 0.3) is 0 Å². The van der Waals surface area contributed by atoms with Crippen molar-refractivity contribution in [2.75, 3.05) is 5.32 Å². The van der Waals surface area contributed by atoms with Gasteiger partial charge in [-0.3, -0.25) is 4.98 Å². The van der Waals surface area contributed by atoms with E-state index < -0.39 is 0 Å². The fourth-order valence-corrected chi connectivity index (χ4v) is 3.07. The second-order valence-electron chi connectivity index (χ2n) is 6.55. The molecule has 0 spiro atoms. The maximum atomic E-state index is 4.82. The summed E-state index contributed by atoms with van der Waals surface area (Å²) in [6.07, 6.45) is 3.69. The summed E-state index contributed by atoms with van der Waals surface area (Å²) in [4.78, 5) is 17.2. The predicted molar refractivity (Wildman–Crippen MR) is 105 cm³/mol. The smallest absolute Gasteiger partial charge is 0.162 e. The van der Waals surface area contributed by atoms with E-state index in [4.69, 9.17) is 9.97 Å². The lowest BCUT2D eigenvalue weighted by molar-refractivity contribution is 0.866. The Kier molecular flexibility index (Phi) is 4.35. The molecule has 0 aliphatic rings. The van der Waals surface area contributed by atoms with E-state index in [1.54, 1.807) is 6.20 Å². The van der Waals surface area contributed by atoms with Crippen LogP contribution in [0.5, 0.6) is 0 Å². The molecular formula is C21H21N5. The van der Waals surface area contributed by atoms with Crippen molar-refractivity contribution in [3.63, 3.8) is 0 Å². The molecule has 0 unspecified atom stereocenters. The molecule has 0 aliphatic carbocycles. The van der Waals surface area contributed by atoms with Crippen LogP contribution in [0.2, 0.25) is 0 Å². The molecule has 5 heteroatoms. The summed E-state index contributed by atoms with van der Waals surface area (Å²) in [5.74, 6) is 1.94. The Morgan fingerprint density at radius 1 is 1.00 bits per heavy atom. The predicted octanol–water partition coefficient (Wildman–Crippen LogP) is 4.76. The Morgan fingerprint density at radius 2 is 1.85 bits per heavy atom. The van der Waals surface area contributed by atoms with Crippen molar-refractivity contribution in [2.45, 2.75) is 26.3 Å². The van der Waals surface area contributed by atoms with Crippen LogP contribution < -0.4 is 5.32 Å². The van der Waals surface area contributed by atoms with Crippen LogP contribution in [0, 0.1) is 0 Å². The van der Waals surface area contributed by atoms with Crippen molar-refractivity contribution in [3.8, 4) is 11.4 Å². The highest BCUT2D eigenvalue weighted by molar-refractivity contribution is 5.87. The topological polar surface area (TPSA) is 66.5 Å². The van der Waals surface area contributed by atoms with Crippen molar-refractivity contribution in [2.24, 2.45) is 0 Å². The quantitative estimate of drug-likeness (QED) is 0.548. The number of pyridine rings is 1. The molecule has 3 aromatic heterocycles. The van der Waals surface area contributed by atoms with Gasteiger partial charge in [0.2, 0.25) is 0 Å². The van der Waals surface area contributed by atoms with Gasteiger partial charge >= 0.3 is 0 Å². The lowest BCUT2D eigenvalue weighted by atomic mass is 9.97. The summed E-state index contributed by atoms with van der Waals surface area (Å²) in [5, 5.41) is 3.40. The number of rotatable bonds is 5. The number of hydrogen-bond acceptors (Lipinski definition) is 4. The Hall–Kier alpha value is -3.21.